The summed E-state index contributed by atoms with van der Waals surface area (Å²) in [4.78, 5) is 23.0. The minimum absolute atomic E-state index is 0.315. The number of amides is 1. The summed E-state index contributed by atoms with van der Waals surface area (Å²) in [6, 6.07) is -0.915. The molecule has 1 aromatic heterocycles. The number of carboxylic acids is 1. The van der Waals surface area contributed by atoms with E-state index >= 15 is 0 Å². The van der Waals surface area contributed by atoms with Gasteiger partial charge in [-0.1, -0.05) is 10.6 Å². The number of aromatic nitrogens is 2. The second-order valence-electron chi connectivity index (χ2n) is 3.42. The number of nitrogens with zero attached hydrogens (tertiary/aromatic N) is 2. The molecule has 0 aliphatic carbocycles. The fraction of sp³-hybridized carbons (Fsp3) is 0.400. The van der Waals surface area contributed by atoms with Gasteiger partial charge in [0.15, 0.2) is 0 Å². The lowest BCUT2D eigenvalue weighted by Crippen LogP contribution is -2.40. The quantitative estimate of drug-likeness (QED) is 0.740. The van der Waals surface area contributed by atoms with E-state index in [1.165, 1.54) is 0 Å². The first-order valence-corrected chi connectivity index (χ1v) is 5.77. The van der Waals surface area contributed by atoms with E-state index < -0.39 is 17.9 Å². The minimum Gasteiger partial charge on any atom is -0.480 e. The van der Waals surface area contributed by atoms with Crippen LogP contribution in [0.25, 0.3) is 0 Å². The van der Waals surface area contributed by atoms with Crippen LogP contribution in [0.4, 0.5) is 0 Å². The Morgan fingerprint density at radius 1 is 1.65 bits per heavy atom. The third kappa shape index (κ3) is 3.63. The highest BCUT2D eigenvalue weighted by Gasteiger charge is 2.22. The number of aliphatic carboxylic acids is 1. The maximum Gasteiger partial charge on any atom is 0.326 e. The lowest BCUT2D eigenvalue weighted by atomic mass is 10.1. The zero-order chi connectivity index (χ0) is 12.8. The molecule has 0 saturated heterocycles. The first-order chi connectivity index (χ1) is 8.06. The normalized spacial score (nSPS) is 11.8. The molecular formula is C10H13N3O3S. The van der Waals surface area contributed by atoms with Gasteiger partial charge >= 0.3 is 5.97 Å². The van der Waals surface area contributed by atoms with E-state index in [1.807, 2.05) is 0 Å². The maximum atomic E-state index is 11.7. The molecule has 2 N–H and O–H groups in total. The van der Waals surface area contributed by atoms with Crippen molar-refractivity contribution in [3.8, 4) is 0 Å². The van der Waals surface area contributed by atoms with Crippen molar-refractivity contribution in [3.63, 3.8) is 0 Å². The monoisotopic (exact) mass is 255 g/mol. The van der Waals surface area contributed by atoms with E-state index in [2.05, 4.69) is 21.5 Å². The second-order valence-corrected chi connectivity index (χ2v) is 4.17. The number of allylic oxidation sites excluding steroid dienone is 1. The molecule has 17 heavy (non-hydrogen) atoms. The Morgan fingerprint density at radius 3 is 2.82 bits per heavy atom. The van der Waals surface area contributed by atoms with Crippen molar-refractivity contribution in [1.29, 1.82) is 0 Å². The molecule has 0 aliphatic rings. The van der Waals surface area contributed by atoms with Crippen LogP contribution in [0.3, 0.4) is 0 Å². The number of carboxylic acid groups (broad SMARTS) is 1. The summed E-state index contributed by atoms with van der Waals surface area (Å²) >= 11 is 0.949. The maximum absolute atomic E-state index is 11.7. The Hall–Kier alpha value is -1.76. The molecule has 6 nitrogen and oxygen atoms in total. The van der Waals surface area contributed by atoms with Crippen molar-refractivity contribution >= 4 is 23.4 Å². The molecule has 0 bridgehead atoms. The van der Waals surface area contributed by atoms with Crippen LogP contribution >= 0.6 is 11.5 Å². The smallest absolute Gasteiger partial charge is 0.326 e. The van der Waals surface area contributed by atoms with Crippen molar-refractivity contribution in [1.82, 2.24) is 14.9 Å². The standard InChI is InChI=1S/C10H13N3O3S/c1-3-4-5-7(10(15)16)11-9(14)8-6(2)12-13-17-8/h3,7H,1,4-5H2,2H3,(H,11,14)(H,15,16). The van der Waals surface area contributed by atoms with Gasteiger partial charge in [0, 0.05) is 0 Å². The molecule has 1 unspecified atom stereocenters. The molecule has 0 aromatic carbocycles. The SMILES string of the molecule is C=CCCC(NC(=O)c1snnc1C)C(=O)O. The van der Waals surface area contributed by atoms with Crippen LogP contribution in [0.5, 0.6) is 0 Å². The number of hydrogen-bond donors (Lipinski definition) is 2. The highest BCUT2D eigenvalue weighted by molar-refractivity contribution is 7.08. The highest BCUT2D eigenvalue weighted by Crippen LogP contribution is 2.09. The third-order valence-corrected chi connectivity index (χ3v) is 2.95. The molecule has 1 heterocycles. The Balaban J connectivity index is 2.67. The first-order valence-electron chi connectivity index (χ1n) is 4.99. The zero-order valence-corrected chi connectivity index (χ0v) is 10.2. The van der Waals surface area contributed by atoms with Crippen molar-refractivity contribution < 1.29 is 14.7 Å². The summed E-state index contributed by atoms with van der Waals surface area (Å²) in [5.74, 6) is -1.51. The van der Waals surface area contributed by atoms with Gasteiger partial charge < -0.3 is 10.4 Å². The van der Waals surface area contributed by atoms with Gasteiger partial charge in [-0.15, -0.1) is 11.7 Å². The van der Waals surface area contributed by atoms with Crippen LogP contribution < -0.4 is 5.32 Å². The van der Waals surface area contributed by atoms with Crippen LogP contribution in [-0.2, 0) is 4.79 Å². The zero-order valence-electron chi connectivity index (χ0n) is 9.34. The molecule has 1 rings (SSSR count). The van der Waals surface area contributed by atoms with Crippen molar-refractivity contribution in [2.24, 2.45) is 0 Å². The minimum atomic E-state index is -1.06. The van der Waals surface area contributed by atoms with Crippen LogP contribution in [-0.4, -0.2) is 32.6 Å². The van der Waals surface area contributed by atoms with Gasteiger partial charge in [-0.05, 0) is 31.3 Å². The van der Waals surface area contributed by atoms with Crippen molar-refractivity contribution in [2.45, 2.75) is 25.8 Å². The number of aryl methyl sites for hydroxylation is 1. The van der Waals surface area contributed by atoms with Crippen molar-refractivity contribution in [2.75, 3.05) is 0 Å². The van der Waals surface area contributed by atoms with E-state index in [-0.39, 0.29) is 0 Å². The summed E-state index contributed by atoms with van der Waals surface area (Å²) in [7, 11) is 0. The van der Waals surface area contributed by atoms with Crippen LogP contribution in [0.2, 0.25) is 0 Å². The summed E-state index contributed by atoms with van der Waals surface area (Å²) in [5, 5.41) is 15.1. The number of nitrogens with one attached hydrogen (secondary N) is 1. The summed E-state index contributed by atoms with van der Waals surface area (Å²) in [6.45, 7) is 5.16. The summed E-state index contributed by atoms with van der Waals surface area (Å²) < 4.78 is 3.62. The fourth-order valence-corrected chi connectivity index (χ4v) is 1.77. The number of carbonyl (C=O) groups is 2. The second kappa shape index (κ2) is 6.09. The van der Waals surface area contributed by atoms with Gasteiger partial charge in [0.2, 0.25) is 0 Å². The topological polar surface area (TPSA) is 92.2 Å². The molecule has 0 aliphatic heterocycles. The van der Waals surface area contributed by atoms with E-state index in [1.54, 1.807) is 13.0 Å². The van der Waals surface area contributed by atoms with E-state index in [0.717, 1.165) is 11.5 Å². The van der Waals surface area contributed by atoms with Gasteiger partial charge in [-0.25, -0.2) is 4.79 Å². The molecular weight excluding hydrogens is 242 g/mol. The molecule has 7 heteroatoms. The van der Waals surface area contributed by atoms with Crippen LogP contribution in [0, 0.1) is 6.92 Å². The third-order valence-electron chi connectivity index (χ3n) is 2.12. The molecule has 0 radical (unpaired) electrons. The van der Waals surface area contributed by atoms with Crippen LogP contribution in [0.15, 0.2) is 12.7 Å². The van der Waals surface area contributed by atoms with Crippen LogP contribution in [0.1, 0.15) is 28.2 Å². The van der Waals surface area contributed by atoms with E-state index in [0.29, 0.717) is 23.4 Å². The summed E-state index contributed by atoms with van der Waals surface area (Å²) in [6.07, 6.45) is 2.45. The number of hydrogen-bond acceptors (Lipinski definition) is 5. The molecule has 1 atom stereocenters. The Bertz CT molecular complexity index is 430. The Labute approximate surface area is 103 Å². The Morgan fingerprint density at radius 2 is 2.35 bits per heavy atom. The molecule has 0 fully saturated rings. The predicted molar refractivity (Wildman–Crippen MR) is 63.0 cm³/mol. The average Bonchev–Trinajstić information content (AvgIpc) is 2.70. The lowest BCUT2D eigenvalue weighted by Gasteiger charge is -2.12. The molecule has 92 valence electrons. The Kier molecular flexibility index (Phi) is 4.77. The van der Waals surface area contributed by atoms with Crippen molar-refractivity contribution in [3.05, 3.63) is 23.2 Å². The first kappa shape index (κ1) is 13.3. The van der Waals surface area contributed by atoms with Gasteiger partial charge in [0.05, 0.1) is 5.69 Å². The van der Waals surface area contributed by atoms with Gasteiger partial charge in [0.1, 0.15) is 10.9 Å². The number of carbonyl (C=O) groups excluding carboxylic acids is 1. The highest BCUT2D eigenvalue weighted by atomic mass is 32.1. The van der Waals surface area contributed by atoms with E-state index in [4.69, 9.17) is 5.11 Å². The molecule has 0 saturated carbocycles. The molecule has 1 amide bonds. The molecule has 0 spiro atoms. The largest absolute Gasteiger partial charge is 0.480 e. The lowest BCUT2D eigenvalue weighted by molar-refractivity contribution is -0.139. The fourth-order valence-electron chi connectivity index (χ4n) is 1.21. The van der Waals surface area contributed by atoms with Gasteiger partial charge in [-0.2, -0.15) is 0 Å². The molecule has 1 aromatic rings. The van der Waals surface area contributed by atoms with E-state index in [9.17, 15) is 9.59 Å². The predicted octanol–water partition coefficient (Wildman–Crippen LogP) is 0.996. The van der Waals surface area contributed by atoms with Gasteiger partial charge in [-0.3, -0.25) is 4.79 Å². The van der Waals surface area contributed by atoms with Gasteiger partial charge in [0.25, 0.3) is 5.91 Å². The average molecular weight is 255 g/mol. The summed E-state index contributed by atoms with van der Waals surface area (Å²) in [5.41, 5.74) is 0.500. The number of rotatable bonds is 6.